The van der Waals surface area contributed by atoms with Gasteiger partial charge in [0, 0.05) is 6.42 Å². The average Bonchev–Trinajstić information content (AvgIpc) is 2.54. The van der Waals surface area contributed by atoms with E-state index >= 15 is 0 Å². The number of hydrogen-bond donors (Lipinski definition) is 1. The maximum Gasteiger partial charge on any atom is 0.362 e. The zero-order valence-electron chi connectivity index (χ0n) is 14.8. The van der Waals surface area contributed by atoms with Gasteiger partial charge in [0.25, 0.3) is 0 Å². The Morgan fingerprint density at radius 1 is 0.750 bits per heavy atom. The first-order chi connectivity index (χ1) is 11.2. The average molecular weight is 346 g/mol. The SMILES string of the molecule is CCOC(=O)C(CC)(OC(=O)C(CC)(CC)C(=O)O)C(=O)OCC. The van der Waals surface area contributed by atoms with Crippen molar-refractivity contribution in [1.82, 2.24) is 0 Å². The van der Waals surface area contributed by atoms with E-state index in [1.807, 2.05) is 0 Å². The summed E-state index contributed by atoms with van der Waals surface area (Å²) in [5, 5.41) is 9.41. The van der Waals surface area contributed by atoms with Crippen molar-refractivity contribution in [3.8, 4) is 0 Å². The second kappa shape index (κ2) is 9.24. The number of esters is 3. The van der Waals surface area contributed by atoms with Gasteiger partial charge in [0.2, 0.25) is 0 Å². The fourth-order valence-electron chi connectivity index (χ4n) is 2.21. The summed E-state index contributed by atoms with van der Waals surface area (Å²) in [6.07, 6.45) is -0.342. The Morgan fingerprint density at radius 2 is 1.17 bits per heavy atom. The number of carboxylic acids is 1. The Bertz CT molecular complexity index is 460. The van der Waals surface area contributed by atoms with E-state index in [9.17, 15) is 24.3 Å². The molecular formula is C16H26O8. The number of hydrogen-bond acceptors (Lipinski definition) is 7. The maximum absolute atomic E-state index is 12.5. The van der Waals surface area contributed by atoms with Crippen molar-refractivity contribution in [1.29, 1.82) is 0 Å². The fraction of sp³-hybridized carbons (Fsp3) is 0.750. The topological polar surface area (TPSA) is 116 Å². The third kappa shape index (κ3) is 4.04. The van der Waals surface area contributed by atoms with E-state index in [1.54, 1.807) is 0 Å². The van der Waals surface area contributed by atoms with Crippen LogP contribution in [0.25, 0.3) is 0 Å². The molecular weight excluding hydrogens is 320 g/mol. The quantitative estimate of drug-likeness (QED) is 0.361. The van der Waals surface area contributed by atoms with Crippen LogP contribution in [-0.4, -0.2) is 47.8 Å². The molecule has 1 N–H and O–H groups in total. The van der Waals surface area contributed by atoms with Crippen LogP contribution in [0, 0.1) is 5.41 Å². The number of carbonyl (C=O) groups is 4. The molecule has 0 amide bonds. The zero-order chi connectivity index (χ0) is 19.0. The van der Waals surface area contributed by atoms with Gasteiger partial charge in [-0.15, -0.1) is 0 Å². The Labute approximate surface area is 141 Å². The van der Waals surface area contributed by atoms with Crippen LogP contribution in [0.5, 0.6) is 0 Å². The van der Waals surface area contributed by atoms with E-state index in [0.29, 0.717) is 0 Å². The first-order valence-electron chi connectivity index (χ1n) is 8.03. The van der Waals surface area contributed by atoms with Crippen molar-refractivity contribution in [3.05, 3.63) is 0 Å². The summed E-state index contributed by atoms with van der Waals surface area (Å²) in [6, 6.07) is 0. The van der Waals surface area contributed by atoms with E-state index in [2.05, 4.69) is 0 Å². The molecule has 0 rings (SSSR count). The summed E-state index contributed by atoms with van der Waals surface area (Å²) < 4.78 is 14.8. The second-order valence-corrected chi connectivity index (χ2v) is 5.11. The van der Waals surface area contributed by atoms with Gasteiger partial charge in [-0.05, 0) is 26.7 Å². The van der Waals surface area contributed by atoms with E-state index < -0.39 is 34.9 Å². The minimum atomic E-state index is -2.31. The molecule has 0 aliphatic heterocycles. The molecule has 8 heteroatoms. The van der Waals surface area contributed by atoms with E-state index in [-0.39, 0.29) is 32.5 Å². The van der Waals surface area contributed by atoms with Gasteiger partial charge >= 0.3 is 29.5 Å². The first kappa shape index (κ1) is 21.9. The lowest BCUT2D eigenvalue weighted by Crippen LogP contribution is -2.55. The van der Waals surface area contributed by atoms with Gasteiger partial charge in [0.1, 0.15) is 0 Å². The second-order valence-electron chi connectivity index (χ2n) is 5.11. The minimum absolute atomic E-state index is 0.0385. The molecule has 0 aromatic heterocycles. The van der Waals surface area contributed by atoms with Gasteiger partial charge in [0.15, 0.2) is 5.41 Å². The summed E-state index contributed by atoms with van der Waals surface area (Å²) >= 11 is 0. The van der Waals surface area contributed by atoms with Crippen molar-refractivity contribution in [2.75, 3.05) is 13.2 Å². The molecule has 0 radical (unpaired) electrons. The Balaban J connectivity index is 5.92. The van der Waals surface area contributed by atoms with Crippen molar-refractivity contribution >= 4 is 23.9 Å². The third-order valence-corrected chi connectivity index (χ3v) is 3.98. The van der Waals surface area contributed by atoms with Crippen LogP contribution < -0.4 is 0 Å². The molecule has 138 valence electrons. The van der Waals surface area contributed by atoms with Crippen LogP contribution in [0.3, 0.4) is 0 Å². The first-order valence-corrected chi connectivity index (χ1v) is 8.03. The van der Waals surface area contributed by atoms with Crippen LogP contribution in [-0.2, 0) is 33.4 Å². The maximum atomic E-state index is 12.5. The molecule has 0 saturated carbocycles. The van der Waals surface area contributed by atoms with E-state index in [4.69, 9.17) is 14.2 Å². The smallest absolute Gasteiger partial charge is 0.362 e. The standard InChI is InChI=1S/C16H26O8/c1-6-15(7-2,11(17)18)12(19)24-16(8-3,13(20)22-9-4)14(21)23-10-5/h6-10H2,1-5H3,(H,17,18). The highest BCUT2D eigenvalue weighted by Crippen LogP contribution is 2.32. The molecule has 0 unspecified atom stereocenters. The predicted octanol–water partition coefficient (Wildman–Crippen LogP) is 1.70. The molecule has 0 aliphatic carbocycles. The molecule has 24 heavy (non-hydrogen) atoms. The van der Waals surface area contributed by atoms with Gasteiger partial charge in [-0.25, -0.2) is 9.59 Å². The lowest BCUT2D eigenvalue weighted by Gasteiger charge is -2.32. The third-order valence-electron chi connectivity index (χ3n) is 3.98. The monoisotopic (exact) mass is 346 g/mol. The number of carbonyl (C=O) groups excluding carboxylic acids is 3. The number of rotatable bonds is 10. The van der Waals surface area contributed by atoms with Gasteiger partial charge in [-0.2, -0.15) is 0 Å². The lowest BCUT2D eigenvalue weighted by molar-refractivity contribution is -0.204. The summed E-state index contributed by atoms with van der Waals surface area (Å²) in [6.45, 7) is 7.46. The van der Waals surface area contributed by atoms with Gasteiger partial charge < -0.3 is 19.3 Å². The highest BCUT2D eigenvalue weighted by Gasteiger charge is 2.56. The Hall–Kier alpha value is -2.12. The molecule has 0 bridgehead atoms. The van der Waals surface area contributed by atoms with E-state index in [1.165, 1.54) is 34.6 Å². The zero-order valence-corrected chi connectivity index (χ0v) is 14.8. The Morgan fingerprint density at radius 3 is 1.42 bits per heavy atom. The summed E-state index contributed by atoms with van der Waals surface area (Å²) in [5.74, 6) is -4.70. The number of carboxylic acid groups (broad SMARTS) is 1. The van der Waals surface area contributed by atoms with Gasteiger partial charge in [-0.3, -0.25) is 9.59 Å². The van der Waals surface area contributed by atoms with Crippen molar-refractivity contribution in [3.63, 3.8) is 0 Å². The molecule has 0 saturated heterocycles. The lowest BCUT2D eigenvalue weighted by atomic mass is 9.82. The molecule has 0 aromatic carbocycles. The van der Waals surface area contributed by atoms with Crippen molar-refractivity contribution in [2.24, 2.45) is 5.41 Å². The summed E-state index contributed by atoms with van der Waals surface area (Å²) in [5.41, 5.74) is -4.16. The van der Waals surface area contributed by atoms with E-state index in [0.717, 1.165) is 0 Å². The predicted molar refractivity (Wildman–Crippen MR) is 83.0 cm³/mol. The van der Waals surface area contributed by atoms with Crippen LogP contribution in [0.4, 0.5) is 0 Å². The minimum Gasteiger partial charge on any atom is -0.480 e. The molecule has 0 heterocycles. The van der Waals surface area contributed by atoms with Crippen LogP contribution >= 0.6 is 0 Å². The highest BCUT2D eigenvalue weighted by molar-refractivity contribution is 6.07. The van der Waals surface area contributed by atoms with Crippen LogP contribution in [0.2, 0.25) is 0 Å². The Kier molecular flexibility index (Phi) is 8.43. The molecule has 0 fully saturated rings. The normalized spacial score (nSPS) is 11.5. The van der Waals surface area contributed by atoms with Gasteiger partial charge in [-0.1, -0.05) is 20.8 Å². The number of ether oxygens (including phenoxy) is 3. The number of aliphatic carboxylic acids is 1. The molecule has 0 aromatic rings. The van der Waals surface area contributed by atoms with Crippen LogP contribution in [0.15, 0.2) is 0 Å². The summed E-state index contributed by atoms with van der Waals surface area (Å²) in [4.78, 5) is 48.6. The largest absolute Gasteiger partial charge is 0.480 e. The molecule has 0 spiro atoms. The summed E-state index contributed by atoms with van der Waals surface area (Å²) in [7, 11) is 0. The molecule has 0 aliphatic rings. The van der Waals surface area contributed by atoms with Crippen molar-refractivity contribution < 1.29 is 38.5 Å². The fourth-order valence-corrected chi connectivity index (χ4v) is 2.21. The highest BCUT2D eigenvalue weighted by atomic mass is 16.6. The van der Waals surface area contributed by atoms with Crippen LogP contribution in [0.1, 0.15) is 53.9 Å². The van der Waals surface area contributed by atoms with Crippen molar-refractivity contribution in [2.45, 2.75) is 59.5 Å². The van der Waals surface area contributed by atoms with Gasteiger partial charge in [0.05, 0.1) is 13.2 Å². The molecule has 0 atom stereocenters. The molecule has 8 nitrogen and oxygen atoms in total.